The number of hydrogen-bond donors (Lipinski definition) is 1. The van der Waals surface area contributed by atoms with Crippen molar-refractivity contribution >= 4 is 22.3 Å². The number of nitrogens with zero attached hydrogens (tertiary/aromatic N) is 3. The maximum Gasteiger partial charge on any atom is 0.183 e. The van der Waals surface area contributed by atoms with E-state index in [1.165, 1.54) is 36.1 Å². The second kappa shape index (κ2) is 6.89. The predicted molar refractivity (Wildman–Crippen MR) is 89.1 cm³/mol. The van der Waals surface area contributed by atoms with Gasteiger partial charge in [-0.05, 0) is 31.4 Å². The summed E-state index contributed by atoms with van der Waals surface area (Å²) in [6, 6.07) is 4.32. The summed E-state index contributed by atoms with van der Waals surface area (Å²) in [7, 11) is 0. The number of aromatic nitrogens is 2. The highest BCUT2D eigenvalue weighted by molar-refractivity contribution is 7.15. The van der Waals surface area contributed by atoms with E-state index in [1.807, 2.05) is 12.4 Å². The van der Waals surface area contributed by atoms with Crippen LogP contribution in [0.1, 0.15) is 36.1 Å². The average molecular weight is 302 g/mol. The zero-order valence-electron chi connectivity index (χ0n) is 12.5. The van der Waals surface area contributed by atoms with E-state index < -0.39 is 0 Å². The minimum Gasteiger partial charge on any atom is -0.357 e. The summed E-state index contributed by atoms with van der Waals surface area (Å²) in [5.41, 5.74) is 1.20. The SMILES string of the molecule is Cc1cnc(NCc2ccc(N3CCCCCC3)nc2)s1. The molecule has 2 aromatic heterocycles. The van der Waals surface area contributed by atoms with Gasteiger partial charge in [-0.25, -0.2) is 9.97 Å². The van der Waals surface area contributed by atoms with Crippen LogP contribution in [0.25, 0.3) is 0 Å². The second-order valence-electron chi connectivity index (χ2n) is 5.56. The van der Waals surface area contributed by atoms with Crippen molar-refractivity contribution in [2.75, 3.05) is 23.3 Å². The Bertz CT molecular complexity index is 556. The predicted octanol–water partition coefficient (Wildman–Crippen LogP) is 3.84. The van der Waals surface area contributed by atoms with E-state index in [1.54, 1.807) is 11.3 Å². The molecule has 0 atom stereocenters. The van der Waals surface area contributed by atoms with E-state index in [0.717, 1.165) is 30.6 Å². The zero-order chi connectivity index (χ0) is 14.5. The third-order valence-electron chi connectivity index (χ3n) is 3.80. The molecule has 1 fully saturated rings. The van der Waals surface area contributed by atoms with Crippen LogP contribution in [-0.2, 0) is 6.54 Å². The van der Waals surface area contributed by atoms with Gasteiger partial charge in [0.25, 0.3) is 0 Å². The number of pyridine rings is 1. The van der Waals surface area contributed by atoms with Crippen molar-refractivity contribution in [2.45, 2.75) is 39.2 Å². The van der Waals surface area contributed by atoms with Crippen molar-refractivity contribution in [3.05, 3.63) is 35.0 Å². The molecule has 2 aromatic rings. The molecule has 0 spiro atoms. The molecule has 1 N–H and O–H groups in total. The maximum atomic E-state index is 4.63. The van der Waals surface area contributed by atoms with Crippen LogP contribution in [0, 0.1) is 6.92 Å². The van der Waals surface area contributed by atoms with Gasteiger partial charge in [0.1, 0.15) is 5.82 Å². The quantitative estimate of drug-likeness (QED) is 0.931. The Morgan fingerprint density at radius 2 is 1.90 bits per heavy atom. The number of aryl methyl sites for hydroxylation is 1. The standard InChI is InChI=1S/C16H22N4S/c1-13-10-18-16(21-13)19-12-14-6-7-15(17-11-14)20-8-4-2-3-5-9-20/h6-7,10-11H,2-5,8-9,12H2,1H3,(H,18,19). The maximum absolute atomic E-state index is 4.63. The van der Waals surface area contributed by atoms with Gasteiger partial charge in [-0.1, -0.05) is 18.9 Å². The zero-order valence-corrected chi connectivity index (χ0v) is 13.3. The highest BCUT2D eigenvalue weighted by atomic mass is 32.1. The Morgan fingerprint density at radius 3 is 2.52 bits per heavy atom. The fourth-order valence-corrected chi connectivity index (χ4v) is 3.28. The first kappa shape index (κ1) is 14.3. The molecule has 112 valence electrons. The van der Waals surface area contributed by atoms with Gasteiger partial charge >= 0.3 is 0 Å². The molecule has 1 aliphatic heterocycles. The third-order valence-corrected chi connectivity index (χ3v) is 4.67. The van der Waals surface area contributed by atoms with E-state index in [4.69, 9.17) is 0 Å². The topological polar surface area (TPSA) is 41.1 Å². The summed E-state index contributed by atoms with van der Waals surface area (Å²) in [5.74, 6) is 1.12. The summed E-state index contributed by atoms with van der Waals surface area (Å²) in [6.07, 6.45) is 9.15. The molecule has 4 nitrogen and oxygen atoms in total. The van der Waals surface area contributed by atoms with Crippen LogP contribution < -0.4 is 10.2 Å². The van der Waals surface area contributed by atoms with Gasteiger partial charge in [0.15, 0.2) is 5.13 Å². The lowest BCUT2D eigenvalue weighted by Crippen LogP contribution is -2.24. The summed E-state index contributed by atoms with van der Waals surface area (Å²) < 4.78 is 0. The number of thiazole rings is 1. The molecule has 1 saturated heterocycles. The Balaban J connectivity index is 1.58. The largest absolute Gasteiger partial charge is 0.357 e. The summed E-state index contributed by atoms with van der Waals surface area (Å²) in [4.78, 5) is 12.6. The molecule has 0 aliphatic carbocycles. The van der Waals surface area contributed by atoms with Crippen LogP contribution >= 0.6 is 11.3 Å². The first-order valence-electron chi connectivity index (χ1n) is 7.67. The lowest BCUT2D eigenvalue weighted by molar-refractivity contribution is 0.726. The van der Waals surface area contributed by atoms with E-state index in [0.29, 0.717) is 0 Å². The van der Waals surface area contributed by atoms with Crippen LogP contribution in [0.3, 0.4) is 0 Å². The highest BCUT2D eigenvalue weighted by Crippen LogP contribution is 2.19. The van der Waals surface area contributed by atoms with E-state index in [2.05, 4.69) is 39.2 Å². The van der Waals surface area contributed by atoms with E-state index >= 15 is 0 Å². The van der Waals surface area contributed by atoms with Crippen LogP contribution in [0.15, 0.2) is 24.5 Å². The normalized spacial score (nSPS) is 15.8. The monoisotopic (exact) mass is 302 g/mol. The first-order valence-corrected chi connectivity index (χ1v) is 8.49. The van der Waals surface area contributed by atoms with Crippen LogP contribution in [0.4, 0.5) is 10.9 Å². The smallest absolute Gasteiger partial charge is 0.183 e. The molecular weight excluding hydrogens is 280 g/mol. The lowest BCUT2D eigenvalue weighted by Gasteiger charge is -2.21. The lowest BCUT2D eigenvalue weighted by atomic mass is 10.2. The van der Waals surface area contributed by atoms with Crippen LogP contribution in [0.2, 0.25) is 0 Å². The minimum absolute atomic E-state index is 0.778. The molecule has 1 aliphatic rings. The Morgan fingerprint density at radius 1 is 1.10 bits per heavy atom. The molecule has 3 rings (SSSR count). The van der Waals surface area contributed by atoms with Crippen LogP contribution in [-0.4, -0.2) is 23.1 Å². The fourth-order valence-electron chi connectivity index (χ4n) is 2.62. The minimum atomic E-state index is 0.778. The molecule has 0 bridgehead atoms. The number of hydrogen-bond acceptors (Lipinski definition) is 5. The van der Waals surface area contributed by atoms with Crippen molar-refractivity contribution in [1.82, 2.24) is 9.97 Å². The number of nitrogens with one attached hydrogen (secondary N) is 1. The van der Waals surface area contributed by atoms with Gasteiger partial charge in [0, 0.05) is 36.9 Å². The van der Waals surface area contributed by atoms with Crippen molar-refractivity contribution in [2.24, 2.45) is 0 Å². The molecule has 5 heteroatoms. The van der Waals surface area contributed by atoms with Crippen molar-refractivity contribution in [1.29, 1.82) is 0 Å². The van der Waals surface area contributed by atoms with Gasteiger partial charge in [0.05, 0.1) is 0 Å². The van der Waals surface area contributed by atoms with Crippen molar-refractivity contribution < 1.29 is 0 Å². The Labute approximate surface area is 130 Å². The first-order chi connectivity index (χ1) is 10.3. The molecular formula is C16H22N4S. The molecule has 0 radical (unpaired) electrons. The molecule has 0 saturated carbocycles. The summed E-state index contributed by atoms with van der Waals surface area (Å²) in [5, 5.41) is 4.32. The molecule has 0 aromatic carbocycles. The Kier molecular flexibility index (Phi) is 4.70. The number of anilines is 2. The molecule has 3 heterocycles. The second-order valence-corrected chi connectivity index (χ2v) is 6.79. The average Bonchev–Trinajstić information content (AvgIpc) is 2.76. The highest BCUT2D eigenvalue weighted by Gasteiger charge is 2.10. The summed E-state index contributed by atoms with van der Waals surface area (Å²) in [6.45, 7) is 5.13. The van der Waals surface area contributed by atoms with Gasteiger partial charge < -0.3 is 10.2 Å². The van der Waals surface area contributed by atoms with Crippen LogP contribution in [0.5, 0.6) is 0 Å². The van der Waals surface area contributed by atoms with Gasteiger partial charge in [-0.3, -0.25) is 0 Å². The third kappa shape index (κ3) is 3.94. The van der Waals surface area contributed by atoms with Crippen molar-refractivity contribution in [3.8, 4) is 0 Å². The molecule has 0 unspecified atom stereocenters. The van der Waals surface area contributed by atoms with Crippen molar-refractivity contribution in [3.63, 3.8) is 0 Å². The van der Waals surface area contributed by atoms with Gasteiger partial charge in [0.2, 0.25) is 0 Å². The molecule has 0 amide bonds. The van der Waals surface area contributed by atoms with Gasteiger partial charge in [-0.15, -0.1) is 11.3 Å². The Hall–Kier alpha value is -1.62. The van der Waals surface area contributed by atoms with Gasteiger partial charge in [-0.2, -0.15) is 0 Å². The summed E-state index contributed by atoms with van der Waals surface area (Å²) >= 11 is 1.68. The fraction of sp³-hybridized carbons (Fsp3) is 0.500. The van der Waals surface area contributed by atoms with E-state index in [-0.39, 0.29) is 0 Å². The van der Waals surface area contributed by atoms with E-state index in [9.17, 15) is 0 Å². The molecule has 21 heavy (non-hydrogen) atoms. The number of rotatable bonds is 4.